The third kappa shape index (κ3) is 3.32. The van der Waals surface area contributed by atoms with Crippen LogP contribution in [0.25, 0.3) is 0 Å². The summed E-state index contributed by atoms with van der Waals surface area (Å²) in [6.45, 7) is 0. The van der Waals surface area contributed by atoms with Gasteiger partial charge in [-0.2, -0.15) is 0 Å². The molecule has 1 heterocycles. The van der Waals surface area contributed by atoms with Gasteiger partial charge in [0.25, 0.3) is 0 Å². The molecule has 3 N–H and O–H groups in total. The average molecular weight is 278 g/mol. The van der Waals surface area contributed by atoms with Crippen LogP contribution in [0.2, 0.25) is 5.02 Å². The van der Waals surface area contributed by atoms with Gasteiger partial charge in [-0.05, 0) is 18.2 Å². The summed E-state index contributed by atoms with van der Waals surface area (Å²) in [5.41, 5.74) is 7.12. The summed E-state index contributed by atoms with van der Waals surface area (Å²) in [6.07, 6.45) is 2.81. The molecule has 0 fully saturated rings. The summed E-state index contributed by atoms with van der Waals surface area (Å²) in [6, 6.07) is 7.25. The fraction of sp³-hybridized carbons (Fsp3) is 0.0833. The van der Waals surface area contributed by atoms with Crippen LogP contribution < -0.4 is 11.1 Å². The van der Waals surface area contributed by atoms with Gasteiger partial charge >= 0.3 is 0 Å². The summed E-state index contributed by atoms with van der Waals surface area (Å²) in [7, 11) is 1.44. The quantitative estimate of drug-likeness (QED) is 0.662. The molecule has 19 heavy (non-hydrogen) atoms. The van der Waals surface area contributed by atoms with Gasteiger partial charge in [-0.25, -0.2) is 9.97 Å². The van der Waals surface area contributed by atoms with Gasteiger partial charge in [-0.3, -0.25) is 0 Å². The Bertz CT molecular complexity index is 602. The largest absolute Gasteiger partial charge is 0.399 e. The van der Waals surface area contributed by atoms with E-state index >= 15 is 0 Å². The van der Waals surface area contributed by atoms with E-state index in [1.165, 1.54) is 19.7 Å². The number of oxime groups is 1. The number of nitrogens with one attached hydrogen (secondary N) is 1. The van der Waals surface area contributed by atoms with Crippen molar-refractivity contribution in [3.05, 3.63) is 41.2 Å². The van der Waals surface area contributed by atoms with Crippen LogP contribution in [0.3, 0.4) is 0 Å². The first-order valence-electron chi connectivity index (χ1n) is 5.40. The summed E-state index contributed by atoms with van der Waals surface area (Å²) in [5, 5.41) is 7.40. The lowest BCUT2D eigenvalue weighted by Crippen LogP contribution is -2.04. The third-order valence-electron chi connectivity index (χ3n) is 2.29. The van der Waals surface area contributed by atoms with E-state index in [1.54, 1.807) is 12.1 Å². The van der Waals surface area contributed by atoms with E-state index in [1.807, 2.05) is 12.1 Å². The van der Waals surface area contributed by atoms with E-state index in [-0.39, 0.29) is 0 Å². The number of hydrogen-bond acceptors (Lipinski definition) is 6. The van der Waals surface area contributed by atoms with Gasteiger partial charge < -0.3 is 15.9 Å². The van der Waals surface area contributed by atoms with Gasteiger partial charge in [-0.15, -0.1) is 0 Å². The van der Waals surface area contributed by atoms with Crippen LogP contribution in [0.15, 0.2) is 35.7 Å². The van der Waals surface area contributed by atoms with Gasteiger partial charge in [0.05, 0.1) is 11.8 Å². The maximum Gasteiger partial charge on any atom is 0.144 e. The first-order chi connectivity index (χ1) is 9.20. The van der Waals surface area contributed by atoms with Gasteiger partial charge in [0.15, 0.2) is 0 Å². The predicted octanol–water partition coefficient (Wildman–Crippen LogP) is 2.44. The standard InChI is InChI=1S/C12H12ClN5O/c1-19-17-6-10-11(14)15-7-16-12(10)18-9-4-2-3-8(13)5-9/h2-7H,1H3,(H3,14,15,16,18)/b17-6+. The number of anilines is 3. The number of halogens is 1. The minimum Gasteiger partial charge on any atom is -0.399 e. The lowest BCUT2D eigenvalue weighted by molar-refractivity contribution is 0.215. The van der Waals surface area contributed by atoms with Crippen LogP contribution in [0, 0.1) is 0 Å². The van der Waals surface area contributed by atoms with Crippen molar-refractivity contribution in [2.75, 3.05) is 18.2 Å². The van der Waals surface area contributed by atoms with E-state index in [0.717, 1.165) is 5.69 Å². The molecule has 0 atom stereocenters. The molecule has 0 aliphatic rings. The van der Waals surface area contributed by atoms with Crippen LogP contribution in [-0.2, 0) is 4.84 Å². The fourth-order valence-electron chi connectivity index (χ4n) is 1.44. The Balaban J connectivity index is 2.34. The van der Waals surface area contributed by atoms with Crippen LogP contribution in [0.5, 0.6) is 0 Å². The highest BCUT2D eigenvalue weighted by Crippen LogP contribution is 2.22. The van der Waals surface area contributed by atoms with Gasteiger partial charge in [0.2, 0.25) is 0 Å². The number of hydrogen-bond donors (Lipinski definition) is 2. The zero-order chi connectivity index (χ0) is 13.7. The molecular formula is C12H12ClN5O. The lowest BCUT2D eigenvalue weighted by atomic mass is 10.2. The molecule has 0 unspecified atom stereocenters. The van der Waals surface area contributed by atoms with Crippen molar-refractivity contribution in [2.24, 2.45) is 5.16 Å². The molecule has 0 spiro atoms. The number of aromatic nitrogens is 2. The Hall–Kier alpha value is -2.34. The molecule has 0 aliphatic carbocycles. The molecule has 98 valence electrons. The molecule has 0 aliphatic heterocycles. The molecule has 1 aromatic heterocycles. The van der Waals surface area contributed by atoms with Crippen molar-refractivity contribution in [3.63, 3.8) is 0 Å². The number of nitrogens with zero attached hydrogens (tertiary/aromatic N) is 3. The molecule has 0 radical (unpaired) electrons. The first-order valence-corrected chi connectivity index (χ1v) is 5.78. The second-order valence-electron chi connectivity index (χ2n) is 3.57. The maximum absolute atomic E-state index is 5.92. The molecule has 2 aromatic rings. The van der Waals surface area contributed by atoms with Crippen LogP contribution in [-0.4, -0.2) is 23.3 Å². The monoisotopic (exact) mass is 277 g/mol. The molecule has 0 saturated carbocycles. The van der Waals surface area contributed by atoms with Gasteiger partial charge in [0.1, 0.15) is 25.1 Å². The van der Waals surface area contributed by atoms with Crippen molar-refractivity contribution in [3.8, 4) is 0 Å². The summed E-state index contributed by atoms with van der Waals surface area (Å²) in [4.78, 5) is 12.7. The molecule has 0 saturated heterocycles. The Kier molecular flexibility index (Phi) is 4.15. The Morgan fingerprint density at radius 2 is 2.26 bits per heavy atom. The summed E-state index contributed by atoms with van der Waals surface area (Å²) >= 11 is 5.92. The van der Waals surface area contributed by atoms with E-state index < -0.39 is 0 Å². The molecule has 0 amide bonds. The Morgan fingerprint density at radius 1 is 1.42 bits per heavy atom. The van der Waals surface area contributed by atoms with E-state index in [0.29, 0.717) is 22.2 Å². The number of nitrogen functional groups attached to an aromatic ring is 1. The molecule has 0 bridgehead atoms. The highest BCUT2D eigenvalue weighted by molar-refractivity contribution is 6.30. The highest BCUT2D eigenvalue weighted by atomic mass is 35.5. The number of benzene rings is 1. The third-order valence-corrected chi connectivity index (χ3v) is 2.52. The Labute approximate surface area is 115 Å². The molecule has 2 rings (SSSR count). The Morgan fingerprint density at radius 3 is 3.00 bits per heavy atom. The normalized spacial score (nSPS) is 10.6. The van der Waals surface area contributed by atoms with Crippen LogP contribution in [0.1, 0.15) is 5.56 Å². The minimum atomic E-state index is 0.306. The SMILES string of the molecule is CO/N=C/c1c(N)ncnc1Nc1cccc(Cl)c1. The lowest BCUT2D eigenvalue weighted by Gasteiger charge is -2.09. The second-order valence-corrected chi connectivity index (χ2v) is 4.01. The first kappa shape index (κ1) is 13.1. The second kappa shape index (κ2) is 6.01. The van der Waals surface area contributed by atoms with Gasteiger partial charge in [-0.1, -0.05) is 22.8 Å². The van der Waals surface area contributed by atoms with Crippen molar-refractivity contribution >= 4 is 35.1 Å². The molecular weight excluding hydrogens is 266 g/mol. The molecule has 1 aromatic carbocycles. The zero-order valence-electron chi connectivity index (χ0n) is 10.2. The number of rotatable bonds is 4. The maximum atomic E-state index is 5.92. The van der Waals surface area contributed by atoms with Crippen LogP contribution in [0.4, 0.5) is 17.3 Å². The van der Waals surface area contributed by atoms with E-state index in [4.69, 9.17) is 17.3 Å². The van der Waals surface area contributed by atoms with Gasteiger partial charge in [0, 0.05) is 10.7 Å². The fourth-order valence-corrected chi connectivity index (χ4v) is 1.63. The van der Waals surface area contributed by atoms with E-state index in [2.05, 4.69) is 25.3 Å². The summed E-state index contributed by atoms with van der Waals surface area (Å²) < 4.78 is 0. The van der Waals surface area contributed by atoms with Crippen molar-refractivity contribution in [1.82, 2.24) is 9.97 Å². The molecule has 6 nitrogen and oxygen atoms in total. The average Bonchev–Trinajstić information content (AvgIpc) is 2.38. The topological polar surface area (TPSA) is 85.4 Å². The highest BCUT2D eigenvalue weighted by Gasteiger charge is 2.07. The van der Waals surface area contributed by atoms with Crippen molar-refractivity contribution < 1.29 is 4.84 Å². The van der Waals surface area contributed by atoms with Crippen molar-refractivity contribution in [2.45, 2.75) is 0 Å². The van der Waals surface area contributed by atoms with Crippen LogP contribution >= 0.6 is 11.6 Å². The summed E-state index contributed by atoms with van der Waals surface area (Å²) in [5.74, 6) is 0.830. The number of nitrogens with two attached hydrogens (primary N) is 1. The van der Waals surface area contributed by atoms with Crippen molar-refractivity contribution in [1.29, 1.82) is 0 Å². The molecule has 7 heteroatoms. The van der Waals surface area contributed by atoms with E-state index in [9.17, 15) is 0 Å². The zero-order valence-corrected chi connectivity index (χ0v) is 10.9. The smallest absolute Gasteiger partial charge is 0.144 e. The predicted molar refractivity (Wildman–Crippen MR) is 75.8 cm³/mol. The minimum absolute atomic E-state index is 0.306.